The Bertz CT molecular complexity index is 702. The van der Waals surface area contributed by atoms with Crippen molar-refractivity contribution >= 4 is 29.9 Å². The fourth-order valence-electron chi connectivity index (χ4n) is 2.44. The van der Waals surface area contributed by atoms with Crippen LogP contribution in [-0.2, 0) is 11.3 Å². The summed E-state index contributed by atoms with van der Waals surface area (Å²) >= 11 is 0. The van der Waals surface area contributed by atoms with Gasteiger partial charge in [-0.2, -0.15) is 0 Å². The number of aryl methyl sites for hydroxylation is 2. The maximum Gasteiger partial charge on any atom is 0.216 e. The second-order valence-electron chi connectivity index (χ2n) is 6.37. The van der Waals surface area contributed by atoms with Crippen molar-refractivity contribution in [2.45, 2.75) is 46.4 Å². The molecule has 7 nitrogen and oxygen atoms in total. The number of guanidine groups is 1. The van der Waals surface area contributed by atoms with E-state index in [0.717, 1.165) is 17.0 Å². The summed E-state index contributed by atoms with van der Waals surface area (Å²) in [4.78, 5) is 8.76. The van der Waals surface area contributed by atoms with Gasteiger partial charge in [0.25, 0.3) is 0 Å². The molecule has 8 heteroatoms. The zero-order valence-electron chi connectivity index (χ0n) is 16.9. The number of ether oxygens (including phenoxy) is 1. The molecule has 0 aliphatic carbocycles. The molecule has 0 saturated carbocycles. The standard InChI is InChI=1S/C20H30N4O3.HI/c1-5-21-20(23-12-19-24-14(2)15(3)27-19)22-11-18(25)13-26-16(4)17-9-7-6-8-10-17;/h6-10,16,18,25H,5,11-13H2,1-4H3,(H2,21,22,23);1H. The number of aliphatic hydroxyl groups excluding tert-OH is 1. The molecule has 1 aromatic heterocycles. The van der Waals surface area contributed by atoms with Crippen molar-refractivity contribution in [2.24, 2.45) is 4.99 Å². The summed E-state index contributed by atoms with van der Waals surface area (Å²) in [5.41, 5.74) is 1.96. The van der Waals surface area contributed by atoms with Crippen LogP contribution in [0, 0.1) is 13.8 Å². The van der Waals surface area contributed by atoms with Crippen molar-refractivity contribution in [2.75, 3.05) is 19.7 Å². The molecule has 2 unspecified atom stereocenters. The fourth-order valence-corrected chi connectivity index (χ4v) is 2.44. The SMILES string of the molecule is CCNC(=NCc1nc(C)c(C)o1)NCC(O)COC(C)c1ccccc1.I. The van der Waals surface area contributed by atoms with Crippen LogP contribution in [0.1, 0.15) is 42.9 Å². The van der Waals surface area contributed by atoms with Crippen molar-refractivity contribution in [3.8, 4) is 0 Å². The van der Waals surface area contributed by atoms with E-state index in [2.05, 4.69) is 20.6 Å². The summed E-state index contributed by atoms with van der Waals surface area (Å²) < 4.78 is 11.3. The molecular formula is C20H31IN4O3. The number of aromatic nitrogens is 1. The smallest absolute Gasteiger partial charge is 0.216 e. The number of benzene rings is 1. The van der Waals surface area contributed by atoms with Gasteiger partial charge in [-0.3, -0.25) is 0 Å². The fraction of sp³-hybridized carbons (Fsp3) is 0.500. The van der Waals surface area contributed by atoms with Gasteiger partial charge in [-0.15, -0.1) is 24.0 Å². The van der Waals surface area contributed by atoms with E-state index in [-0.39, 0.29) is 36.7 Å². The summed E-state index contributed by atoms with van der Waals surface area (Å²) in [5, 5.41) is 16.4. The first-order valence-corrected chi connectivity index (χ1v) is 9.29. The molecule has 28 heavy (non-hydrogen) atoms. The van der Waals surface area contributed by atoms with E-state index < -0.39 is 6.10 Å². The van der Waals surface area contributed by atoms with Gasteiger partial charge in [0.1, 0.15) is 12.3 Å². The number of nitrogens with zero attached hydrogens (tertiary/aromatic N) is 2. The Kier molecular flexibility index (Phi) is 11.1. The first-order chi connectivity index (χ1) is 13.0. The van der Waals surface area contributed by atoms with Crippen LogP contribution in [0.4, 0.5) is 0 Å². The molecule has 0 amide bonds. The van der Waals surface area contributed by atoms with Gasteiger partial charge in [-0.05, 0) is 33.3 Å². The minimum Gasteiger partial charge on any atom is -0.444 e. The molecule has 2 rings (SSSR count). The van der Waals surface area contributed by atoms with Gasteiger partial charge in [0.05, 0.1) is 24.5 Å². The van der Waals surface area contributed by atoms with Crippen molar-refractivity contribution in [3.63, 3.8) is 0 Å². The van der Waals surface area contributed by atoms with Crippen molar-refractivity contribution < 1.29 is 14.3 Å². The zero-order valence-corrected chi connectivity index (χ0v) is 19.3. The molecule has 0 bridgehead atoms. The highest BCUT2D eigenvalue weighted by Gasteiger charge is 2.11. The third-order valence-electron chi connectivity index (χ3n) is 4.10. The molecular weight excluding hydrogens is 471 g/mol. The molecule has 3 N–H and O–H groups in total. The third-order valence-corrected chi connectivity index (χ3v) is 4.10. The summed E-state index contributed by atoms with van der Waals surface area (Å²) in [7, 11) is 0. The maximum absolute atomic E-state index is 10.2. The van der Waals surface area contributed by atoms with Crippen LogP contribution in [0.15, 0.2) is 39.7 Å². The van der Waals surface area contributed by atoms with E-state index in [0.29, 0.717) is 31.5 Å². The minimum atomic E-state index is -0.647. The maximum atomic E-state index is 10.2. The average molecular weight is 502 g/mol. The summed E-state index contributed by atoms with van der Waals surface area (Å²) in [6.45, 7) is 9.36. The quantitative estimate of drug-likeness (QED) is 0.277. The first-order valence-electron chi connectivity index (χ1n) is 9.29. The van der Waals surface area contributed by atoms with E-state index in [4.69, 9.17) is 9.15 Å². The molecule has 0 aliphatic heterocycles. The van der Waals surface area contributed by atoms with Crippen LogP contribution in [0.5, 0.6) is 0 Å². The van der Waals surface area contributed by atoms with Crippen molar-refractivity contribution in [3.05, 3.63) is 53.2 Å². The van der Waals surface area contributed by atoms with Gasteiger partial charge in [-0.1, -0.05) is 30.3 Å². The number of halogens is 1. The Labute approximate surface area is 184 Å². The highest BCUT2D eigenvalue weighted by Crippen LogP contribution is 2.15. The number of oxazole rings is 1. The Morgan fingerprint density at radius 3 is 2.57 bits per heavy atom. The molecule has 0 saturated heterocycles. The molecule has 1 aromatic carbocycles. The van der Waals surface area contributed by atoms with E-state index in [9.17, 15) is 5.11 Å². The average Bonchev–Trinajstić information content (AvgIpc) is 3.00. The first kappa shape index (κ1) is 24.4. The Balaban J connectivity index is 0.00000392. The minimum absolute atomic E-state index is 0. The van der Waals surface area contributed by atoms with Crippen LogP contribution >= 0.6 is 24.0 Å². The van der Waals surface area contributed by atoms with Gasteiger partial charge in [0.2, 0.25) is 5.89 Å². The largest absolute Gasteiger partial charge is 0.444 e. The molecule has 0 radical (unpaired) electrons. The molecule has 0 spiro atoms. The number of rotatable bonds is 9. The Morgan fingerprint density at radius 1 is 1.25 bits per heavy atom. The topological polar surface area (TPSA) is 91.9 Å². The second kappa shape index (κ2) is 12.7. The van der Waals surface area contributed by atoms with Gasteiger partial charge < -0.3 is 24.9 Å². The normalized spacial score (nSPS) is 13.5. The number of hydrogen-bond donors (Lipinski definition) is 3. The predicted molar refractivity (Wildman–Crippen MR) is 121 cm³/mol. The summed E-state index contributed by atoms with van der Waals surface area (Å²) in [5.74, 6) is 1.97. The Morgan fingerprint density at radius 2 is 1.96 bits per heavy atom. The Hall–Kier alpha value is -1.65. The van der Waals surface area contributed by atoms with Crippen LogP contribution in [0.2, 0.25) is 0 Å². The highest BCUT2D eigenvalue weighted by atomic mass is 127. The number of aliphatic imine (C=N–C) groups is 1. The lowest BCUT2D eigenvalue weighted by molar-refractivity contribution is -0.000600. The van der Waals surface area contributed by atoms with E-state index in [1.54, 1.807) is 0 Å². The van der Waals surface area contributed by atoms with Gasteiger partial charge >= 0.3 is 0 Å². The summed E-state index contributed by atoms with van der Waals surface area (Å²) in [6, 6.07) is 9.94. The molecule has 0 aliphatic rings. The molecule has 2 aromatic rings. The summed E-state index contributed by atoms with van der Waals surface area (Å²) in [6.07, 6.45) is -0.717. The number of aliphatic hydroxyl groups is 1. The van der Waals surface area contributed by atoms with E-state index in [1.165, 1.54) is 0 Å². The lowest BCUT2D eigenvalue weighted by Gasteiger charge is -2.18. The monoisotopic (exact) mass is 502 g/mol. The third kappa shape index (κ3) is 8.15. The highest BCUT2D eigenvalue weighted by molar-refractivity contribution is 14.0. The lowest BCUT2D eigenvalue weighted by atomic mass is 10.1. The van der Waals surface area contributed by atoms with Crippen LogP contribution < -0.4 is 10.6 Å². The van der Waals surface area contributed by atoms with E-state index >= 15 is 0 Å². The number of hydrogen-bond acceptors (Lipinski definition) is 5. The van der Waals surface area contributed by atoms with Crippen molar-refractivity contribution in [1.82, 2.24) is 15.6 Å². The van der Waals surface area contributed by atoms with E-state index in [1.807, 2.05) is 58.0 Å². The predicted octanol–water partition coefficient (Wildman–Crippen LogP) is 3.10. The van der Waals surface area contributed by atoms with Crippen LogP contribution in [0.25, 0.3) is 0 Å². The molecule has 156 valence electrons. The number of nitrogens with one attached hydrogen (secondary N) is 2. The molecule has 1 heterocycles. The van der Waals surface area contributed by atoms with Gasteiger partial charge in [-0.25, -0.2) is 9.98 Å². The van der Waals surface area contributed by atoms with Gasteiger partial charge in [0.15, 0.2) is 5.96 Å². The van der Waals surface area contributed by atoms with Gasteiger partial charge in [0, 0.05) is 13.1 Å². The zero-order chi connectivity index (χ0) is 19.6. The molecule has 2 atom stereocenters. The van der Waals surface area contributed by atoms with Crippen molar-refractivity contribution in [1.29, 1.82) is 0 Å². The second-order valence-corrected chi connectivity index (χ2v) is 6.37. The molecule has 0 fully saturated rings. The van der Waals surface area contributed by atoms with Crippen LogP contribution in [0.3, 0.4) is 0 Å². The lowest BCUT2D eigenvalue weighted by Crippen LogP contribution is -2.42. The van der Waals surface area contributed by atoms with Crippen LogP contribution in [-0.4, -0.2) is 41.9 Å².